The summed E-state index contributed by atoms with van der Waals surface area (Å²) in [7, 11) is 1.68. The van der Waals surface area contributed by atoms with Gasteiger partial charge in [0.25, 0.3) is 0 Å². The maximum Gasteiger partial charge on any atom is 0.133 e. The van der Waals surface area contributed by atoms with Crippen LogP contribution in [0.1, 0.15) is 44.7 Å². The third-order valence-electron chi connectivity index (χ3n) is 4.33. The minimum atomic E-state index is 0.115. The highest BCUT2D eigenvalue weighted by Gasteiger charge is 2.38. The molecule has 0 bridgehead atoms. The molecule has 1 aliphatic carbocycles. The summed E-state index contributed by atoms with van der Waals surface area (Å²) in [6, 6.07) is 6.28. The number of nitrogens with two attached hydrogens (primary N) is 1. The van der Waals surface area contributed by atoms with E-state index in [1.165, 1.54) is 24.8 Å². The van der Waals surface area contributed by atoms with Crippen molar-refractivity contribution in [3.05, 3.63) is 28.2 Å². The van der Waals surface area contributed by atoms with Crippen LogP contribution in [0.15, 0.2) is 22.7 Å². The van der Waals surface area contributed by atoms with Crippen molar-refractivity contribution >= 4 is 15.9 Å². The molecular formula is C15H22BrNO. The number of hydrogen-bond donors (Lipinski definition) is 1. The van der Waals surface area contributed by atoms with Gasteiger partial charge in [-0.05, 0) is 57.8 Å². The number of hydrogen-bond acceptors (Lipinski definition) is 2. The average Bonchev–Trinajstić information content (AvgIpc) is 2.68. The van der Waals surface area contributed by atoms with Gasteiger partial charge in [0, 0.05) is 6.04 Å². The van der Waals surface area contributed by atoms with Gasteiger partial charge in [-0.2, -0.15) is 0 Å². The molecule has 1 aromatic rings. The summed E-state index contributed by atoms with van der Waals surface area (Å²) in [4.78, 5) is 0. The Bertz CT molecular complexity index is 431. The first-order chi connectivity index (χ1) is 8.45. The summed E-state index contributed by atoms with van der Waals surface area (Å²) in [5.41, 5.74) is 8.02. The Morgan fingerprint density at radius 3 is 2.67 bits per heavy atom. The Morgan fingerprint density at radius 2 is 2.17 bits per heavy atom. The molecule has 18 heavy (non-hydrogen) atoms. The Hall–Kier alpha value is -0.540. The summed E-state index contributed by atoms with van der Waals surface area (Å²) in [6.45, 7) is 4.67. The molecule has 2 unspecified atom stereocenters. The van der Waals surface area contributed by atoms with E-state index in [-0.39, 0.29) is 6.04 Å². The first-order valence-electron chi connectivity index (χ1n) is 6.55. The molecular weight excluding hydrogens is 290 g/mol. The van der Waals surface area contributed by atoms with Crippen LogP contribution in [-0.2, 0) is 0 Å². The smallest absolute Gasteiger partial charge is 0.133 e. The molecule has 2 rings (SSSR count). The van der Waals surface area contributed by atoms with E-state index in [1.54, 1.807) is 7.11 Å². The molecule has 0 saturated heterocycles. The van der Waals surface area contributed by atoms with Crippen molar-refractivity contribution in [1.29, 1.82) is 0 Å². The summed E-state index contributed by atoms with van der Waals surface area (Å²) < 4.78 is 6.24. The highest BCUT2D eigenvalue weighted by atomic mass is 79.9. The zero-order valence-corrected chi connectivity index (χ0v) is 13.0. The Kier molecular flexibility index (Phi) is 4.02. The van der Waals surface area contributed by atoms with Gasteiger partial charge in [-0.3, -0.25) is 0 Å². The third kappa shape index (κ3) is 2.57. The monoisotopic (exact) mass is 311 g/mol. The van der Waals surface area contributed by atoms with E-state index < -0.39 is 0 Å². The lowest BCUT2D eigenvalue weighted by atomic mass is 9.76. The van der Waals surface area contributed by atoms with E-state index in [4.69, 9.17) is 10.5 Å². The van der Waals surface area contributed by atoms with E-state index >= 15 is 0 Å². The fraction of sp³-hybridized carbons (Fsp3) is 0.600. The number of methoxy groups -OCH3 is 1. The number of halogens is 1. The van der Waals surface area contributed by atoms with Gasteiger partial charge in [0.2, 0.25) is 0 Å². The molecule has 0 radical (unpaired) electrons. The zero-order chi connectivity index (χ0) is 13.3. The van der Waals surface area contributed by atoms with Crippen LogP contribution < -0.4 is 10.5 Å². The van der Waals surface area contributed by atoms with E-state index in [9.17, 15) is 0 Å². The summed E-state index contributed by atoms with van der Waals surface area (Å²) in [5.74, 6) is 1.43. The van der Waals surface area contributed by atoms with Crippen molar-refractivity contribution in [1.82, 2.24) is 0 Å². The van der Waals surface area contributed by atoms with Gasteiger partial charge in [-0.15, -0.1) is 0 Å². The van der Waals surface area contributed by atoms with Crippen LogP contribution in [0.2, 0.25) is 0 Å². The lowest BCUT2D eigenvalue weighted by Gasteiger charge is -2.32. The molecule has 0 amide bonds. The second-order valence-corrected chi connectivity index (χ2v) is 6.76. The van der Waals surface area contributed by atoms with Crippen molar-refractivity contribution < 1.29 is 4.74 Å². The van der Waals surface area contributed by atoms with Gasteiger partial charge in [0.05, 0.1) is 11.6 Å². The van der Waals surface area contributed by atoms with E-state index in [2.05, 4.69) is 41.9 Å². The molecule has 2 N–H and O–H groups in total. The number of ether oxygens (including phenoxy) is 1. The van der Waals surface area contributed by atoms with Crippen molar-refractivity contribution in [3.63, 3.8) is 0 Å². The Labute approximate surface area is 118 Å². The van der Waals surface area contributed by atoms with E-state index in [0.717, 1.165) is 10.2 Å². The zero-order valence-electron chi connectivity index (χ0n) is 11.4. The van der Waals surface area contributed by atoms with Crippen LogP contribution >= 0.6 is 15.9 Å². The van der Waals surface area contributed by atoms with E-state index in [0.29, 0.717) is 11.3 Å². The third-order valence-corrected chi connectivity index (χ3v) is 4.95. The standard InChI is InChI=1S/C15H22BrNO/c1-15(2)8-4-5-11(15)14(17)10-6-7-13(18-3)12(16)9-10/h6-7,9,11,14H,4-5,8,17H2,1-3H3. The molecule has 1 aliphatic rings. The lowest BCUT2D eigenvalue weighted by molar-refractivity contribution is 0.222. The predicted molar refractivity (Wildman–Crippen MR) is 78.7 cm³/mol. The number of benzene rings is 1. The van der Waals surface area contributed by atoms with Crippen molar-refractivity contribution in [2.24, 2.45) is 17.1 Å². The molecule has 2 atom stereocenters. The largest absolute Gasteiger partial charge is 0.496 e. The first kappa shape index (κ1) is 13.9. The average molecular weight is 312 g/mol. The predicted octanol–water partition coefficient (Wildman–Crippen LogP) is 4.28. The van der Waals surface area contributed by atoms with Crippen LogP contribution in [0.5, 0.6) is 5.75 Å². The van der Waals surface area contributed by atoms with Crippen molar-refractivity contribution in [2.45, 2.75) is 39.2 Å². The summed E-state index contributed by atoms with van der Waals surface area (Å²) >= 11 is 3.53. The first-order valence-corrected chi connectivity index (χ1v) is 7.34. The highest BCUT2D eigenvalue weighted by molar-refractivity contribution is 9.10. The van der Waals surface area contributed by atoms with Gasteiger partial charge in [0.15, 0.2) is 0 Å². The SMILES string of the molecule is COc1ccc(C(N)C2CCCC2(C)C)cc1Br. The summed E-state index contributed by atoms with van der Waals surface area (Å²) in [6.07, 6.45) is 3.81. The van der Waals surface area contributed by atoms with Crippen LogP contribution in [-0.4, -0.2) is 7.11 Å². The number of rotatable bonds is 3. The molecule has 100 valence electrons. The molecule has 1 saturated carbocycles. The second-order valence-electron chi connectivity index (χ2n) is 5.91. The maximum atomic E-state index is 6.47. The van der Waals surface area contributed by atoms with Gasteiger partial charge < -0.3 is 10.5 Å². The summed E-state index contributed by atoms with van der Waals surface area (Å²) in [5, 5.41) is 0. The molecule has 1 aromatic carbocycles. The van der Waals surface area contributed by atoms with Gasteiger partial charge in [-0.1, -0.05) is 26.3 Å². The van der Waals surface area contributed by atoms with Crippen LogP contribution in [0.25, 0.3) is 0 Å². The molecule has 2 nitrogen and oxygen atoms in total. The second kappa shape index (κ2) is 5.22. The molecule has 1 fully saturated rings. The van der Waals surface area contributed by atoms with Crippen molar-refractivity contribution in [2.75, 3.05) is 7.11 Å². The maximum absolute atomic E-state index is 6.47. The fourth-order valence-corrected chi connectivity index (χ4v) is 3.70. The molecule has 0 spiro atoms. The van der Waals surface area contributed by atoms with E-state index in [1.807, 2.05) is 6.07 Å². The van der Waals surface area contributed by atoms with Gasteiger partial charge in [0.1, 0.15) is 5.75 Å². The Morgan fingerprint density at radius 1 is 1.44 bits per heavy atom. The molecule has 3 heteroatoms. The molecule has 0 heterocycles. The minimum absolute atomic E-state index is 0.115. The van der Waals surface area contributed by atoms with Crippen molar-refractivity contribution in [3.8, 4) is 5.75 Å². The fourth-order valence-electron chi connectivity index (χ4n) is 3.14. The van der Waals surface area contributed by atoms with Crippen LogP contribution in [0.4, 0.5) is 0 Å². The lowest BCUT2D eigenvalue weighted by Crippen LogP contribution is -2.29. The van der Waals surface area contributed by atoms with Crippen LogP contribution in [0, 0.1) is 11.3 Å². The topological polar surface area (TPSA) is 35.2 Å². The van der Waals surface area contributed by atoms with Crippen LogP contribution in [0.3, 0.4) is 0 Å². The Balaban J connectivity index is 2.23. The molecule has 0 aromatic heterocycles. The van der Waals surface area contributed by atoms with Gasteiger partial charge in [-0.25, -0.2) is 0 Å². The molecule has 0 aliphatic heterocycles. The minimum Gasteiger partial charge on any atom is -0.496 e. The van der Waals surface area contributed by atoms with Gasteiger partial charge >= 0.3 is 0 Å². The normalized spacial score (nSPS) is 23.9. The highest BCUT2D eigenvalue weighted by Crippen LogP contribution is 2.48. The quantitative estimate of drug-likeness (QED) is 0.904.